The van der Waals surface area contributed by atoms with Crippen molar-refractivity contribution in [3.63, 3.8) is 0 Å². The molecule has 0 aliphatic rings. The standard InChI is InChI=1S/C24H21ClFNOS/c1-24(2,3)14-19-20(13-6-15-4-11-18(26)12-5-15)29-23(27)21(19)22(28)16-7-9-17(25)10-8-16/h4-5,7-12H,14,27H2,1-3H3. The van der Waals surface area contributed by atoms with E-state index in [2.05, 4.69) is 32.6 Å². The highest BCUT2D eigenvalue weighted by molar-refractivity contribution is 7.17. The number of carbonyl (C=O) groups is 1. The molecule has 3 aromatic rings. The third-order valence-electron chi connectivity index (χ3n) is 4.24. The van der Waals surface area contributed by atoms with Crippen molar-refractivity contribution in [1.82, 2.24) is 0 Å². The van der Waals surface area contributed by atoms with E-state index >= 15 is 0 Å². The maximum absolute atomic E-state index is 13.2. The second-order valence-electron chi connectivity index (χ2n) is 7.98. The van der Waals surface area contributed by atoms with Crippen molar-refractivity contribution in [3.8, 4) is 11.8 Å². The van der Waals surface area contributed by atoms with Gasteiger partial charge >= 0.3 is 0 Å². The number of nitrogens with two attached hydrogens (primary N) is 1. The van der Waals surface area contributed by atoms with Crippen molar-refractivity contribution in [1.29, 1.82) is 0 Å². The second-order valence-corrected chi connectivity index (χ2v) is 9.47. The van der Waals surface area contributed by atoms with E-state index < -0.39 is 0 Å². The van der Waals surface area contributed by atoms with Crippen molar-refractivity contribution in [2.24, 2.45) is 5.41 Å². The van der Waals surface area contributed by atoms with Gasteiger partial charge in [-0.25, -0.2) is 4.39 Å². The molecule has 2 nitrogen and oxygen atoms in total. The quantitative estimate of drug-likeness (QED) is 0.393. The van der Waals surface area contributed by atoms with Crippen LogP contribution in [0.15, 0.2) is 48.5 Å². The number of nitrogen functional groups attached to an aromatic ring is 1. The summed E-state index contributed by atoms with van der Waals surface area (Å²) >= 11 is 7.26. The van der Waals surface area contributed by atoms with E-state index in [9.17, 15) is 9.18 Å². The number of halogens is 2. The topological polar surface area (TPSA) is 43.1 Å². The minimum atomic E-state index is -0.305. The van der Waals surface area contributed by atoms with E-state index in [0.717, 1.165) is 10.4 Å². The first-order valence-corrected chi connectivity index (χ1v) is 10.3. The third kappa shape index (κ3) is 5.26. The van der Waals surface area contributed by atoms with Gasteiger partial charge in [0, 0.05) is 16.1 Å². The number of thiophene rings is 1. The average molecular weight is 426 g/mol. The molecule has 2 aromatic carbocycles. The zero-order valence-electron chi connectivity index (χ0n) is 16.5. The van der Waals surface area contributed by atoms with E-state index in [4.69, 9.17) is 17.3 Å². The highest BCUT2D eigenvalue weighted by Crippen LogP contribution is 2.36. The highest BCUT2D eigenvalue weighted by atomic mass is 35.5. The number of carbonyl (C=O) groups excluding carboxylic acids is 1. The molecule has 3 rings (SSSR count). The summed E-state index contributed by atoms with van der Waals surface area (Å²) in [4.78, 5) is 14.0. The Morgan fingerprint density at radius 3 is 2.28 bits per heavy atom. The molecule has 0 spiro atoms. The first-order valence-electron chi connectivity index (χ1n) is 9.13. The number of rotatable bonds is 3. The lowest BCUT2D eigenvalue weighted by atomic mass is 9.85. The van der Waals surface area contributed by atoms with Crippen molar-refractivity contribution in [3.05, 3.63) is 86.5 Å². The van der Waals surface area contributed by atoms with Gasteiger partial charge in [0.15, 0.2) is 5.78 Å². The lowest BCUT2D eigenvalue weighted by Crippen LogP contribution is -2.14. The fourth-order valence-corrected chi connectivity index (χ4v) is 4.00. The molecular weight excluding hydrogens is 405 g/mol. The Morgan fingerprint density at radius 1 is 1.07 bits per heavy atom. The second kappa shape index (κ2) is 8.41. The molecule has 0 saturated heterocycles. The Balaban J connectivity index is 2.08. The summed E-state index contributed by atoms with van der Waals surface area (Å²) in [5, 5.41) is 1.02. The van der Waals surface area contributed by atoms with Crippen molar-refractivity contribution < 1.29 is 9.18 Å². The third-order valence-corrected chi connectivity index (χ3v) is 5.47. The number of hydrogen-bond donors (Lipinski definition) is 1. The molecule has 0 saturated carbocycles. The zero-order chi connectivity index (χ0) is 21.2. The molecule has 5 heteroatoms. The molecule has 0 atom stereocenters. The molecule has 148 valence electrons. The number of anilines is 1. The molecule has 1 aromatic heterocycles. The normalized spacial score (nSPS) is 11.1. The van der Waals surface area contributed by atoms with E-state index in [1.807, 2.05) is 0 Å². The minimum Gasteiger partial charge on any atom is -0.390 e. The van der Waals surface area contributed by atoms with Gasteiger partial charge in [-0.2, -0.15) is 0 Å². The maximum atomic E-state index is 13.2. The number of benzene rings is 2. The van der Waals surface area contributed by atoms with Crippen LogP contribution in [-0.2, 0) is 6.42 Å². The molecule has 0 aliphatic carbocycles. The summed E-state index contributed by atoms with van der Waals surface area (Å²) in [6.07, 6.45) is 0.656. The minimum absolute atomic E-state index is 0.0607. The Kier molecular flexibility index (Phi) is 6.12. The average Bonchev–Trinajstić information content (AvgIpc) is 2.94. The molecular formula is C24H21ClFNOS. The Hall–Kier alpha value is -2.61. The van der Waals surface area contributed by atoms with E-state index in [0.29, 0.717) is 33.1 Å². The van der Waals surface area contributed by atoms with Crippen LogP contribution in [0.3, 0.4) is 0 Å². The smallest absolute Gasteiger partial charge is 0.196 e. The summed E-state index contributed by atoms with van der Waals surface area (Å²) in [7, 11) is 0. The molecule has 0 amide bonds. The van der Waals surface area contributed by atoms with Crippen LogP contribution in [0.25, 0.3) is 0 Å². The van der Waals surface area contributed by atoms with Gasteiger partial charge in [0.2, 0.25) is 0 Å². The van der Waals surface area contributed by atoms with Gasteiger partial charge in [0.05, 0.1) is 15.4 Å². The highest BCUT2D eigenvalue weighted by Gasteiger charge is 2.26. The van der Waals surface area contributed by atoms with Gasteiger partial charge in [-0.05, 0) is 65.9 Å². The van der Waals surface area contributed by atoms with Gasteiger partial charge in [-0.3, -0.25) is 4.79 Å². The van der Waals surface area contributed by atoms with Gasteiger partial charge in [-0.1, -0.05) is 44.2 Å². The van der Waals surface area contributed by atoms with Crippen LogP contribution in [0.5, 0.6) is 0 Å². The zero-order valence-corrected chi connectivity index (χ0v) is 18.0. The predicted octanol–water partition coefficient (Wildman–Crippen LogP) is 6.34. The summed E-state index contributed by atoms with van der Waals surface area (Å²) in [6, 6.07) is 12.8. The van der Waals surface area contributed by atoms with Crippen LogP contribution in [0.4, 0.5) is 9.39 Å². The van der Waals surface area contributed by atoms with E-state index in [1.165, 1.54) is 23.5 Å². The van der Waals surface area contributed by atoms with Crippen LogP contribution in [0.2, 0.25) is 5.02 Å². The summed E-state index contributed by atoms with van der Waals surface area (Å²) in [5.41, 5.74) is 8.81. The number of ketones is 1. The first kappa shape index (κ1) is 21.1. The SMILES string of the molecule is CC(C)(C)Cc1c(C#Cc2ccc(F)cc2)sc(N)c1C(=O)c1ccc(Cl)cc1. The van der Waals surface area contributed by atoms with Gasteiger partial charge < -0.3 is 5.73 Å². The summed E-state index contributed by atoms with van der Waals surface area (Å²) in [6.45, 7) is 6.32. The summed E-state index contributed by atoms with van der Waals surface area (Å²) in [5.74, 6) is 5.75. The van der Waals surface area contributed by atoms with Crippen molar-refractivity contribution in [2.75, 3.05) is 5.73 Å². The monoisotopic (exact) mass is 425 g/mol. The van der Waals surface area contributed by atoms with Crippen molar-refractivity contribution in [2.45, 2.75) is 27.2 Å². The largest absolute Gasteiger partial charge is 0.390 e. The Labute approximate surface area is 179 Å². The Morgan fingerprint density at radius 2 is 1.69 bits per heavy atom. The molecule has 0 radical (unpaired) electrons. The molecule has 1 heterocycles. The lowest BCUT2D eigenvalue weighted by Gasteiger charge is -2.19. The lowest BCUT2D eigenvalue weighted by molar-refractivity contribution is 0.103. The molecule has 29 heavy (non-hydrogen) atoms. The molecule has 2 N–H and O–H groups in total. The first-order chi connectivity index (χ1) is 13.6. The number of hydrogen-bond acceptors (Lipinski definition) is 3. The predicted molar refractivity (Wildman–Crippen MR) is 119 cm³/mol. The maximum Gasteiger partial charge on any atom is 0.196 e. The summed E-state index contributed by atoms with van der Waals surface area (Å²) < 4.78 is 13.1. The van der Waals surface area contributed by atoms with E-state index in [1.54, 1.807) is 36.4 Å². The van der Waals surface area contributed by atoms with Crippen LogP contribution in [0, 0.1) is 23.1 Å². The van der Waals surface area contributed by atoms with Gasteiger partial charge in [0.25, 0.3) is 0 Å². The fraction of sp³-hybridized carbons (Fsp3) is 0.208. The van der Waals surface area contributed by atoms with E-state index in [-0.39, 0.29) is 17.0 Å². The molecule has 0 fully saturated rings. The molecule has 0 aliphatic heterocycles. The van der Waals surface area contributed by atoms with Crippen LogP contribution in [-0.4, -0.2) is 5.78 Å². The van der Waals surface area contributed by atoms with Crippen LogP contribution < -0.4 is 5.73 Å². The van der Waals surface area contributed by atoms with Gasteiger partial charge in [0.1, 0.15) is 5.82 Å². The van der Waals surface area contributed by atoms with Gasteiger partial charge in [-0.15, -0.1) is 11.3 Å². The fourth-order valence-electron chi connectivity index (χ4n) is 2.94. The molecule has 0 bridgehead atoms. The van der Waals surface area contributed by atoms with Crippen molar-refractivity contribution >= 4 is 33.7 Å². The Bertz CT molecular complexity index is 1100. The molecule has 0 unspecified atom stereocenters. The van der Waals surface area contributed by atoms with Crippen LogP contribution >= 0.6 is 22.9 Å². The van der Waals surface area contributed by atoms with Crippen LogP contribution in [0.1, 0.15) is 52.7 Å².